The van der Waals surface area contributed by atoms with E-state index in [1.165, 1.54) is 42.8 Å². The van der Waals surface area contributed by atoms with Crippen LogP contribution in [0.4, 0.5) is 0 Å². The number of rotatable bonds is 4. The van der Waals surface area contributed by atoms with Gasteiger partial charge in [0, 0.05) is 32.2 Å². The summed E-state index contributed by atoms with van der Waals surface area (Å²) in [7, 11) is 0. The molecule has 1 aromatic heterocycles. The summed E-state index contributed by atoms with van der Waals surface area (Å²) in [5.41, 5.74) is 3.18. The van der Waals surface area contributed by atoms with Crippen LogP contribution in [0.25, 0.3) is 0 Å². The van der Waals surface area contributed by atoms with Crippen molar-refractivity contribution < 1.29 is 9.53 Å². The number of hydrogen-bond donors (Lipinski definition) is 0. The van der Waals surface area contributed by atoms with Crippen molar-refractivity contribution in [2.75, 3.05) is 26.2 Å². The van der Waals surface area contributed by atoms with Crippen LogP contribution >= 0.6 is 0 Å². The molecule has 0 N–H and O–H groups in total. The van der Waals surface area contributed by atoms with E-state index in [0.29, 0.717) is 11.6 Å². The number of amides is 1. The maximum atomic E-state index is 12.2. The highest BCUT2D eigenvalue weighted by Gasteiger charge is 2.26. The number of nitrogens with zero attached hydrogens (tertiary/aromatic N) is 4. The van der Waals surface area contributed by atoms with Gasteiger partial charge in [-0.2, -0.15) is 0 Å². The lowest BCUT2D eigenvalue weighted by Crippen LogP contribution is -2.42. The lowest BCUT2D eigenvalue weighted by molar-refractivity contribution is 0.0645. The first kappa shape index (κ1) is 17.6. The van der Waals surface area contributed by atoms with Crippen LogP contribution in [0.15, 0.2) is 30.6 Å². The van der Waals surface area contributed by atoms with Gasteiger partial charge in [-0.1, -0.05) is 12.5 Å². The molecule has 1 amide bonds. The second-order valence-electron chi connectivity index (χ2n) is 8.04. The van der Waals surface area contributed by atoms with Crippen LogP contribution in [0, 0.1) is 0 Å². The second kappa shape index (κ2) is 7.51. The maximum Gasteiger partial charge on any atom is 0.274 e. The first-order chi connectivity index (χ1) is 13.8. The molecular formula is C22H26N4O2. The maximum absolute atomic E-state index is 12.2. The molecule has 0 unspecified atom stereocenters. The molecule has 0 bridgehead atoms. The van der Waals surface area contributed by atoms with Gasteiger partial charge < -0.3 is 9.64 Å². The minimum atomic E-state index is -0.0497. The van der Waals surface area contributed by atoms with Crippen LogP contribution in [0.2, 0.25) is 0 Å². The lowest BCUT2D eigenvalue weighted by Gasteiger charge is -2.36. The minimum absolute atomic E-state index is 0.0497. The van der Waals surface area contributed by atoms with Crippen molar-refractivity contribution in [1.29, 1.82) is 0 Å². The van der Waals surface area contributed by atoms with Crippen molar-refractivity contribution >= 4 is 5.91 Å². The predicted molar refractivity (Wildman–Crippen MR) is 106 cm³/mol. The number of carbonyl (C=O) groups is 1. The molecule has 2 fully saturated rings. The summed E-state index contributed by atoms with van der Waals surface area (Å²) in [6.07, 6.45) is 10.4. The average Bonchev–Trinajstić information content (AvgIpc) is 2.82. The molecule has 5 rings (SSSR count). The third kappa shape index (κ3) is 3.49. The van der Waals surface area contributed by atoms with E-state index < -0.39 is 0 Å². The minimum Gasteiger partial charge on any atom is -0.437 e. The predicted octanol–water partition coefficient (Wildman–Crippen LogP) is 3.07. The fourth-order valence-electron chi connectivity index (χ4n) is 4.18. The molecule has 6 nitrogen and oxygen atoms in total. The van der Waals surface area contributed by atoms with E-state index in [0.717, 1.165) is 57.2 Å². The van der Waals surface area contributed by atoms with E-state index in [4.69, 9.17) is 4.74 Å². The number of carbonyl (C=O) groups excluding carboxylic acids is 1. The number of likely N-dealkylation sites (tertiary alicyclic amines) is 1. The molecule has 28 heavy (non-hydrogen) atoms. The first-order valence-electron chi connectivity index (χ1n) is 10.4. The highest BCUT2D eigenvalue weighted by Crippen LogP contribution is 2.29. The van der Waals surface area contributed by atoms with Gasteiger partial charge in [0.05, 0.1) is 12.4 Å². The molecule has 3 aliphatic rings. The van der Waals surface area contributed by atoms with Gasteiger partial charge in [0.2, 0.25) is 5.88 Å². The van der Waals surface area contributed by atoms with Crippen molar-refractivity contribution in [2.24, 2.45) is 0 Å². The SMILES string of the molecule is O=C(c1cnc(Oc2ccc3c(c2)CCN(C2CCC2)CC3)cn1)N1CCC1. The Morgan fingerprint density at radius 1 is 0.964 bits per heavy atom. The Morgan fingerprint density at radius 2 is 1.79 bits per heavy atom. The summed E-state index contributed by atoms with van der Waals surface area (Å²) in [4.78, 5) is 25.1. The van der Waals surface area contributed by atoms with Crippen molar-refractivity contribution in [1.82, 2.24) is 19.8 Å². The zero-order valence-electron chi connectivity index (χ0n) is 16.1. The number of benzene rings is 1. The first-order valence-corrected chi connectivity index (χ1v) is 10.4. The fourth-order valence-corrected chi connectivity index (χ4v) is 4.18. The summed E-state index contributed by atoms with van der Waals surface area (Å²) in [6, 6.07) is 7.14. The Labute approximate surface area is 165 Å². The van der Waals surface area contributed by atoms with Crippen LogP contribution in [-0.2, 0) is 12.8 Å². The van der Waals surface area contributed by atoms with Gasteiger partial charge >= 0.3 is 0 Å². The second-order valence-corrected chi connectivity index (χ2v) is 8.04. The lowest BCUT2D eigenvalue weighted by atomic mass is 9.91. The molecule has 1 saturated heterocycles. The van der Waals surface area contributed by atoms with Crippen LogP contribution in [0.3, 0.4) is 0 Å². The van der Waals surface area contributed by atoms with Crippen LogP contribution < -0.4 is 4.74 Å². The number of aromatic nitrogens is 2. The molecule has 0 atom stereocenters. The van der Waals surface area contributed by atoms with Gasteiger partial charge in [-0.15, -0.1) is 0 Å². The summed E-state index contributed by atoms with van der Waals surface area (Å²) in [6.45, 7) is 3.92. The third-order valence-electron chi connectivity index (χ3n) is 6.32. The van der Waals surface area contributed by atoms with Crippen LogP contribution in [-0.4, -0.2) is 57.9 Å². The van der Waals surface area contributed by atoms with Gasteiger partial charge in [0.1, 0.15) is 11.4 Å². The quantitative estimate of drug-likeness (QED) is 0.818. The van der Waals surface area contributed by atoms with Gasteiger partial charge in [-0.05, 0) is 55.4 Å². The molecule has 2 aromatic rings. The van der Waals surface area contributed by atoms with Crippen molar-refractivity contribution in [3.8, 4) is 11.6 Å². The van der Waals surface area contributed by atoms with E-state index in [1.54, 1.807) is 4.90 Å². The summed E-state index contributed by atoms with van der Waals surface area (Å²) >= 11 is 0. The highest BCUT2D eigenvalue weighted by molar-refractivity contribution is 5.92. The molecule has 0 radical (unpaired) electrons. The molecule has 2 aliphatic heterocycles. The Morgan fingerprint density at radius 3 is 2.43 bits per heavy atom. The van der Waals surface area contributed by atoms with Gasteiger partial charge in [-0.25, -0.2) is 9.97 Å². The Hall–Kier alpha value is -2.47. The molecule has 146 valence electrons. The number of ether oxygens (including phenoxy) is 1. The van der Waals surface area contributed by atoms with Crippen molar-refractivity contribution in [3.05, 3.63) is 47.4 Å². The Balaban J connectivity index is 1.25. The molecule has 1 aliphatic carbocycles. The fraction of sp³-hybridized carbons (Fsp3) is 0.500. The van der Waals surface area contributed by atoms with Crippen LogP contribution in [0.5, 0.6) is 11.6 Å². The van der Waals surface area contributed by atoms with Gasteiger partial charge in [0.25, 0.3) is 5.91 Å². The topological polar surface area (TPSA) is 58.6 Å². The number of hydrogen-bond acceptors (Lipinski definition) is 5. The molecule has 1 aromatic carbocycles. The highest BCUT2D eigenvalue weighted by atomic mass is 16.5. The summed E-state index contributed by atoms with van der Waals surface area (Å²) < 4.78 is 5.92. The van der Waals surface area contributed by atoms with E-state index in [-0.39, 0.29) is 5.91 Å². The monoisotopic (exact) mass is 378 g/mol. The van der Waals surface area contributed by atoms with Crippen molar-refractivity contribution in [3.63, 3.8) is 0 Å². The van der Waals surface area contributed by atoms with E-state index >= 15 is 0 Å². The molecule has 6 heteroatoms. The summed E-state index contributed by atoms with van der Waals surface area (Å²) in [5.74, 6) is 1.16. The van der Waals surface area contributed by atoms with E-state index in [9.17, 15) is 4.79 Å². The smallest absolute Gasteiger partial charge is 0.274 e. The van der Waals surface area contributed by atoms with E-state index in [1.807, 2.05) is 6.07 Å². The van der Waals surface area contributed by atoms with E-state index in [2.05, 4.69) is 27.0 Å². The van der Waals surface area contributed by atoms with Crippen LogP contribution in [0.1, 0.15) is 47.3 Å². The standard InChI is InChI=1S/C22H26N4O2/c27-22(26-9-2-10-26)20-14-24-21(15-23-20)28-19-6-5-16-7-11-25(18-3-1-4-18)12-8-17(16)13-19/h5-6,13-15,18H,1-4,7-12H2. The Bertz CT molecular complexity index is 859. The normalized spacial score (nSPS) is 19.9. The molecule has 3 heterocycles. The summed E-state index contributed by atoms with van der Waals surface area (Å²) in [5, 5.41) is 0. The van der Waals surface area contributed by atoms with Crippen molar-refractivity contribution in [2.45, 2.75) is 44.6 Å². The van der Waals surface area contributed by atoms with Gasteiger partial charge in [0.15, 0.2) is 0 Å². The zero-order valence-corrected chi connectivity index (χ0v) is 16.1. The zero-order chi connectivity index (χ0) is 18.9. The Kier molecular flexibility index (Phi) is 4.72. The average molecular weight is 378 g/mol. The largest absolute Gasteiger partial charge is 0.437 e. The molecule has 0 spiro atoms. The third-order valence-corrected chi connectivity index (χ3v) is 6.32. The van der Waals surface area contributed by atoms with Gasteiger partial charge in [-0.3, -0.25) is 9.69 Å². The number of fused-ring (bicyclic) bond motifs is 1. The molecular weight excluding hydrogens is 352 g/mol. The molecule has 1 saturated carbocycles.